The van der Waals surface area contributed by atoms with Gasteiger partial charge in [-0.3, -0.25) is 0 Å². The second-order valence-corrected chi connectivity index (χ2v) is 6.59. The van der Waals surface area contributed by atoms with Gasteiger partial charge in [0.05, 0.1) is 0 Å². The van der Waals surface area contributed by atoms with Crippen LogP contribution in [0.5, 0.6) is 0 Å². The van der Waals surface area contributed by atoms with Gasteiger partial charge in [-0.15, -0.1) is 0 Å². The molecule has 1 N–H and O–H groups in total. The van der Waals surface area contributed by atoms with Crippen LogP contribution in [-0.2, 0) is 0 Å². The van der Waals surface area contributed by atoms with E-state index < -0.39 is 0 Å². The van der Waals surface area contributed by atoms with Crippen molar-refractivity contribution in [3.8, 4) is 0 Å². The number of anilines is 1. The number of nitrogens with one attached hydrogen (secondary N) is 1. The standard InChI is InChI=1S/C21H37N/c1-4-7-8-9-10-11-18-22-21-16-14-20(15-17-21)19(12-5-2)13-6-3/h14-17,19,22H,4-13,18H2,1-3H3. The van der Waals surface area contributed by atoms with E-state index in [1.807, 2.05) is 0 Å². The molecule has 0 unspecified atom stereocenters. The predicted molar refractivity (Wildman–Crippen MR) is 101 cm³/mol. The average Bonchev–Trinajstić information content (AvgIpc) is 2.54. The molecule has 0 spiro atoms. The van der Waals surface area contributed by atoms with Crippen LogP contribution >= 0.6 is 0 Å². The Morgan fingerprint density at radius 3 is 1.91 bits per heavy atom. The second-order valence-electron chi connectivity index (χ2n) is 6.59. The van der Waals surface area contributed by atoms with E-state index in [2.05, 4.69) is 50.4 Å². The van der Waals surface area contributed by atoms with Gasteiger partial charge < -0.3 is 5.32 Å². The molecule has 0 aliphatic heterocycles. The lowest BCUT2D eigenvalue weighted by Gasteiger charge is -2.16. The molecule has 0 amide bonds. The maximum atomic E-state index is 3.57. The fraction of sp³-hybridized carbons (Fsp3) is 0.714. The summed E-state index contributed by atoms with van der Waals surface area (Å²) in [6.07, 6.45) is 13.4. The Hall–Kier alpha value is -0.980. The van der Waals surface area contributed by atoms with Gasteiger partial charge >= 0.3 is 0 Å². The first-order valence-electron chi connectivity index (χ1n) is 9.65. The van der Waals surface area contributed by atoms with Crippen molar-refractivity contribution in [1.29, 1.82) is 0 Å². The summed E-state index contributed by atoms with van der Waals surface area (Å²) < 4.78 is 0. The number of benzene rings is 1. The third-order valence-corrected chi connectivity index (χ3v) is 4.52. The number of rotatable bonds is 13. The van der Waals surface area contributed by atoms with E-state index in [0.717, 1.165) is 12.5 Å². The van der Waals surface area contributed by atoms with Crippen molar-refractivity contribution >= 4 is 5.69 Å². The van der Waals surface area contributed by atoms with Gasteiger partial charge in [0.15, 0.2) is 0 Å². The minimum Gasteiger partial charge on any atom is -0.385 e. The molecule has 0 atom stereocenters. The lowest BCUT2D eigenvalue weighted by atomic mass is 9.90. The molecule has 0 radical (unpaired) electrons. The van der Waals surface area contributed by atoms with Crippen LogP contribution in [0, 0.1) is 0 Å². The van der Waals surface area contributed by atoms with Gasteiger partial charge in [-0.25, -0.2) is 0 Å². The summed E-state index contributed by atoms with van der Waals surface area (Å²) >= 11 is 0. The molecule has 1 rings (SSSR count). The summed E-state index contributed by atoms with van der Waals surface area (Å²) in [5, 5.41) is 3.57. The van der Waals surface area contributed by atoms with Crippen LogP contribution in [-0.4, -0.2) is 6.54 Å². The third-order valence-electron chi connectivity index (χ3n) is 4.52. The SMILES string of the molecule is CCCCCCCCNc1ccc(C(CCC)CCC)cc1. The van der Waals surface area contributed by atoms with E-state index in [9.17, 15) is 0 Å². The Bertz CT molecular complexity index is 349. The minimum absolute atomic E-state index is 0.752. The van der Waals surface area contributed by atoms with Crippen molar-refractivity contribution < 1.29 is 0 Å². The molecule has 0 fully saturated rings. The molecule has 0 aromatic heterocycles. The third kappa shape index (κ3) is 7.87. The van der Waals surface area contributed by atoms with Gasteiger partial charge in [-0.2, -0.15) is 0 Å². The van der Waals surface area contributed by atoms with Crippen LogP contribution in [0.15, 0.2) is 24.3 Å². The predicted octanol–water partition coefficient (Wildman–Crippen LogP) is 7.14. The van der Waals surface area contributed by atoms with Crippen LogP contribution in [0.25, 0.3) is 0 Å². The molecule has 1 aromatic carbocycles. The largest absolute Gasteiger partial charge is 0.385 e. The highest BCUT2D eigenvalue weighted by Crippen LogP contribution is 2.27. The molecule has 0 aliphatic rings. The zero-order valence-electron chi connectivity index (χ0n) is 15.2. The molecular formula is C21H37N. The molecule has 1 aromatic rings. The van der Waals surface area contributed by atoms with Crippen molar-refractivity contribution in [1.82, 2.24) is 0 Å². The van der Waals surface area contributed by atoms with Crippen LogP contribution < -0.4 is 5.32 Å². The Morgan fingerprint density at radius 2 is 1.32 bits per heavy atom. The summed E-state index contributed by atoms with van der Waals surface area (Å²) in [5.74, 6) is 0.752. The van der Waals surface area contributed by atoms with Gasteiger partial charge in [-0.05, 0) is 42.9 Å². The second kappa shape index (κ2) is 12.6. The molecule has 0 heterocycles. The van der Waals surface area contributed by atoms with Gasteiger partial charge in [0.2, 0.25) is 0 Å². The maximum Gasteiger partial charge on any atom is 0.0340 e. The fourth-order valence-electron chi connectivity index (χ4n) is 3.19. The number of hydrogen-bond acceptors (Lipinski definition) is 1. The van der Waals surface area contributed by atoms with Crippen LogP contribution in [0.4, 0.5) is 5.69 Å². The van der Waals surface area contributed by atoms with Crippen molar-refractivity contribution in [2.45, 2.75) is 90.9 Å². The van der Waals surface area contributed by atoms with Crippen molar-refractivity contribution in [3.63, 3.8) is 0 Å². The molecule has 126 valence electrons. The zero-order chi connectivity index (χ0) is 16.0. The molecule has 0 saturated carbocycles. The van der Waals surface area contributed by atoms with Gasteiger partial charge in [-0.1, -0.05) is 77.8 Å². The maximum absolute atomic E-state index is 3.57. The summed E-state index contributed by atoms with van der Waals surface area (Å²) in [7, 11) is 0. The average molecular weight is 304 g/mol. The highest BCUT2D eigenvalue weighted by Gasteiger charge is 2.09. The quantitative estimate of drug-likeness (QED) is 0.382. The summed E-state index contributed by atoms with van der Waals surface area (Å²) in [6.45, 7) is 7.97. The number of unbranched alkanes of at least 4 members (excludes halogenated alkanes) is 5. The molecule has 0 aliphatic carbocycles. The Balaban J connectivity index is 2.28. The van der Waals surface area contributed by atoms with Crippen molar-refractivity contribution in [3.05, 3.63) is 29.8 Å². The lowest BCUT2D eigenvalue weighted by molar-refractivity contribution is 0.561. The first-order chi connectivity index (χ1) is 10.8. The molecule has 0 saturated heterocycles. The molecule has 1 nitrogen and oxygen atoms in total. The monoisotopic (exact) mass is 303 g/mol. The smallest absolute Gasteiger partial charge is 0.0340 e. The zero-order valence-corrected chi connectivity index (χ0v) is 15.2. The fourth-order valence-corrected chi connectivity index (χ4v) is 3.19. The van der Waals surface area contributed by atoms with Gasteiger partial charge in [0.1, 0.15) is 0 Å². The Kier molecular flexibility index (Phi) is 10.9. The minimum atomic E-state index is 0.752. The van der Waals surface area contributed by atoms with E-state index in [1.165, 1.54) is 75.5 Å². The summed E-state index contributed by atoms with van der Waals surface area (Å²) in [6, 6.07) is 9.20. The molecule has 1 heteroatoms. The summed E-state index contributed by atoms with van der Waals surface area (Å²) in [5.41, 5.74) is 2.80. The topological polar surface area (TPSA) is 12.0 Å². The first kappa shape index (κ1) is 19.1. The van der Waals surface area contributed by atoms with Crippen LogP contribution in [0.2, 0.25) is 0 Å². The summed E-state index contributed by atoms with van der Waals surface area (Å²) in [4.78, 5) is 0. The highest BCUT2D eigenvalue weighted by atomic mass is 14.9. The van der Waals surface area contributed by atoms with E-state index in [0.29, 0.717) is 0 Å². The Morgan fingerprint density at radius 1 is 0.727 bits per heavy atom. The Labute approximate surface area is 138 Å². The van der Waals surface area contributed by atoms with E-state index in [1.54, 1.807) is 0 Å². The van der Waals surface area contributed by atoms with Gasteiger partial charge in [0, 0.05) is 12.2 Å². The van der Waals surface area contributed by atoms with Crippen LogP contribution in [0.3, 0.4) is 0 Å². The first-order valence-corrected chi connectivity index (χ1v) is 9.65. The number of hydrogen-bond donors (Lipinski definition) is 1. The van der Waals surface area contributed by atoms with Crippen molar-refractivity contribution in [2.75, 3.05) is 11.9 Å². The molecule has 0 bridgehead atoms. The molecule has 22 heavy (non-hydrogen) atoms. The van der Waals surface area contributed by atoms with E-state index >= 15 is 0 Å². The highest BCUT2D eigenvalue weighted by molar-refractivity contribution is 5.45. The molecular weight excluding hydrogens is 266 g/mol. The van der Waals surface area contributed by atoms with Crippen LogP contribution in [0.1, 0.15) is 96.5 Å². The van der Waals surface area contributed by atoms with E-state index in [4.69, 9.17) is 0 Å². The van der Waals surface area contributed by atoms with E-state index in [-0.39, 0.29) is 0 Å². The van der Waals surface area contributed by atoms with Crippen molar-refractivity contribution in [2.24, 2.45) is 0 Å². The normalized spacial score (nSPS) is 11.1. The van der Waals surface area contributed by atoms with Gasteiger partial charge in [0.25, 0.3) is 0 Å². The lowest BCUT2D eigenvalue weighted by Crippen LogP contribution is -2.02.